The fraction of sp³-hybridized carbons (Fsp3) is 0.400. The number of aliphatic hydroxyl groups is 1. The zero-order valence-corrected chi connectivity index (χ0v) is 13.0. The molecule has 2 unspecified atom stereocenters. The molecule has 2 N–H and O–H groups in total. The third kappa shape index (κ3) is 3.51. The van der Waals surface area contributed by atoms with Crippen LogP contribution in [0.15, 0.2) is 22.7 Å². The van der Waals surface area contributed by atoms with Gasteiger partial charge in [-0.1, -0.05) is 16.8 Å². The zero-order valence-electron chi connectivity index (χ0n) is 12.3. The number of rotatable bonds is 5. The molecule has 0 bridgehead atoms. The Kier molecular flexibility index (Phi) is 4.32. The van der Waals surface area contributed by atoms with E-state index < -0.39 is 18.0 Å². The van der Waals surface area contributed by atoms with Crippen LogP contribution >= 0.6 is 11.6 Å². The highest BCUT2D eigenvalue weighted by molar-refractivity contribution is 6.33. The van der Waals surface area contributed by atoms with Gasteiger partial charge in [0, 0.05) is 11.5 Å². The van der Waals surface area contributed by atoms with E-state index in [0.717, 1.165) is 18.9 Å². The number of benzene rings is 1. The van der Waals surface area contributed by atoms with Gasteiger partial charge >= 0.3 is 0 Å². The molecule has 0 saturated heterocycles. The first-order chi connectivity index (χ1) is 11.0. The predicted octanol–water partition coefficient (Wildman–Crippen LogP) is 2.48. The van der Waals surface area contributed by atoms with Gasteiger partial charge in [-0.15, -0.1) is 0 Å². The molecule has 1 aliphatic rings. The van der Waals surface area contributed by atoms with Gasteiger partial charge in [-0.25, -0.2) is 4.39 Å². The van der Waals surface area contributed by atoms with Gasteiger partial charge in [-0.2, -0.15) is 4.98 Å². The number of halogens is 2. The van der Waals surface area contributed by atoms with Crippen LogP contribution in [-0.2, 0) is 4.79 Å². The second-order valence-electron chi connectivity index (χ2n) is 5.58. The molecule has 1 amide bonds. The predicted molar refractivity (Wildman–Crippen MR) is 80.0 cm³/mol. The Balaban J connectivity index is 1.84. The quantitative estimate of drug-likeness (QED) is 0.873. The highest BCUT2D eigenvalue weighted by atomic mass is 35.5. The first-order valence-corrected chi connectivity index (χ1v) is 7.61. The van der Waals surface area contributed by atoms with Crippen molar-refractivity contribution in [3.8, 4) is 11.4 Å². The first kappa shape index (κ1) is 15.9. The number of amides is 1. The molecule has 6 nitrogen and oxygen atoms in total. The van der Waals surface area contributed by atoms with Gasteiger partial charge < -0.3 is 14.9 Å². The number of aromatic nitrogens is 2. The summed E-state index contributed by atoms with van der Waals surface area (Å²) in [4.78, 5) is 16.1. The van der Waals surface area contributed by atoms with Crippen molar-refractivity contribution in [3.05, 3.63) is 34.9 Å². The Morgan fingerprint density at radius 2 is 2.26 bits per heavy atom. The molecule has 1 aromatic carbocycles. The molecule has 1 aliphatic carbocycles. The molecule has 1 aromatic heterocycles. The molecule has 0 aliphatic heterocycles. The molecule has 122 valence electrons. The lowest BCUT2D eigenvalue weighted by Gasteiger charge is -2.17. The molecule has 2 aromatic rings. The van der Waals surface area contributed by atoms with E-state index in [0.29, 0.717) is 5.56 Å². The summed E-state index contributed by atoms with van der Waals surface area (Å²) < 4.78 is 18.2. The molecular weight excluding hydrogens is 325 g/mol. The number of aliphatic hydroxyl groups excluding tert-OH is 1. The minimum Gasteiger partial charge on any atom is -0.391 e. The van der Waals surface area contributed by atoms with Crippen molar-refractivity contribution in [1.82, 2.24) is 15.5 Å². The number of hydrogen-bond donors (Lipinski definition) is 2. The Morgan fingerprint density at radius 3 is 2.87 bits per heavy atom. The molecule has 1 saturated carbocycles. The molecule has 0 radical (unpaired) electrons. The summed E-state index contributed by atoms with van der Waals surface area (Å²) in [6, 6.07) is 3.02. The molecule has 0 spiro atoms. The van der Waals surface area contributed by atoms with Crippen molar-refractivity contribution >= 4 is 17.5 Å². The number of nitrogens with zero attached hydrogens (tertiary/aromatic N) is 2. The lowest BCUT2D eigenvalue weighted by atomic mass is 10.1. The van der Waals surface area contributed by atoms with Crippen LogP contribution in [0.4, 0.5) is 4.39 Å². The second-order valence-corrected chi connectivity index (χ2v) is 5.99. The molecule has 8 heteroatoms. The topological polar surface area (TPSA) is 88.2 Å². The summed E-state index contributed by atoms with van der Waals surface area (Å²) in [5.74, 6) is -0.387. The Hall–Kier alpha value is -1.99. The average molecular weight is 340 g/mol. The van der Waals surface area contributed by atoms with Gasteiger partial charge in [0.05, 0.1) is 11.1 Å². The van der Waals surface area contributed by atoms with Crippen molar-refractivity contribution in [2.75, 3.05) is 0 Å². The summed E-state index contributed by atoms with van der Waals surface area (Å²) >= 11 is 5.97. The minimum atomic E-state index is -0.908. The van der Waals surface area contributed by atoms with Gasteiger partial charge in [0.2, 0.25) is 11.7 Å². The van der Waals surface area contributed by atoms with Crippen LogP contribution in [0.5, 0.6) is 0 Å². The van der Waals surface area contributed by atoms with Crippen LogP contribution in [0.25, 0.3) is 11.4 Å². The molecule has 23 heavy (non-hydrogen) atoms. The van der Waals surface area contributed by atoms with Crippen LogP contribution in [0.2, 0.25) is 5.02 Å². The molecule has 2 atom stereocenters. The van der Waals surface area contributed by atoms with Crippen LogP contribution in [0, 0.1) is 11.7 Å². The normalized spacial score (nSPS) is 16.9. The fourth-order valence-corrected chi connectivity index (χ4v) is 2.40. The average Bonchev–Trinajstić information content (AvgIpc) is 3.23. The highest BCUT2D eigenvalue weighted by Gasteiger charge is 2.34. The zero-order chi connectivity index (χ0) is 16.6. The number of carbonyl (C=O) groups is 1. The summed E-state index contributed by atoms with van der Waals surface area (Å²) in [6.45, 7) is 1.52. The van der Waals surface area contributed by atoms with E-state index in [1.54, 1.807) is 0 Å². The lowest BCUT2D eigenvalue weighted by molar-refractivity contribution is -0.124. The second kappa shape index (κ2) is 6.25. The molecular formula is C15H15ClFN3O3. The summed E-state index contributed by atoms with van der Waals surface area (Å²) in [7, 11) is 0. The van der Waals surface area contributed by atoms with E-state index in [1.165, 1.54) is 19.1 Å². The monoisotopic (exact) mass is 339 g/mol. The lowest BCUT2D eigenvalue weighted by Crippen LogP contribution is -2.36. The van der Waals surface area contributed by atoms with Crippen molar-refractivity contribution in [2.24, 2.45) is 5.92 Å². The summed E-state index contributed by atoms with van der Waals surface area (Å²) in [5.41, 5.74) is 0.404. The first-order valence-electron chi connectivity index (χ1n) is 7.23. The standard InChI is InChI=1S/C15H15ClFN3O3/c1-7(21)12(18-14(22)8-2-3-8)15-19-13(20-23-15)10-5-4-9(17)6-11(10)16/h4-8,12,21H,2-3H2,1H3,(H,18,22). The van der Waals surface area contributed by atoms with E-state index in [-0.39, 0.29) is 28.6 Å². The Morgan fingerprint density at radius 1 is 1.52 bits per heavy atom. The van der Waals surface area contributed by atoms with Crippen LogP contribution < -0.4 is 5.32 Å². The molecule has 3 rings (SSSR count). The van der Waals surface area contributed by atoms with E-state index in [4.69, 9.17) is 16.1 Å². The van der Waals surface area contributed by atoms with E-state index in [9.17, 15) is 14.3 Å². The third-order valence-corrected chi connectivity index (χ3v) is 3.92. The highest BCUT2D eigenvalue weighted by Crippen LogP contribution is 2.31. The molecule has 1 heterocycles. The van der Waals surface area contributed by atoms with Crippen molar-refractivity contribution in [2.45, 2.75) is 31.9 Å². The van der Waals surface area contributed by atoms with Crippen molar-refractivity contribution in [1.29, 1.82) is 0 Å². The van der Waals surface area contributed by atoms with Gasteiger partial charge in [0.1, 0.15) is 11.9 Å². The molecule has 1 fully saturated rings. The minimum absolute atomic E-state index is 0.00909. The SMILES string of the molecule is CC(O)C(NC(=O)C1CC1)c1nc(-c2ccc(F)cc2Cl)no1. The van der Waals surface area contributed by atoms with Crippen LogP contribution in [-0.4, -0.2) is 27.3 Å². The van der Waals surface area contributed by atoms with Crippen molar-refractivity contribution < 1.29 is 18.8 Å². The summed E-state index contributed by atoms with van der Waals surface area (Å²) in [5, 5.41) is 16.5. The largest absolute Gasteiger partial charge is 0.391 e. The Labute approximate surface area is 136 Å². The van der Waals surface area contributed by atoms with Gasteiger partial charge in [0.15, 0.2) is 0 Å². The van der Waals surface area contributed by atoms with Crippen molar-refractivity contribution in [3.63, 3.8) is 0 Å². The maximum atomic E-state index is 13.1. The van der Waals surface area contributed by atoms with E-state index >= 15 is 0 Å². The Bertz CT molecular complexity index is 731. The number of nitrogens with one attached hydrogen (secondary N) is 1. The van der Waals surface area contributed by atoms with Gasteiger partial charge in [0.25, 0.3) is 5.89 Å². The van der Waals surface area contributed by atoms with E-state index in [1.807, 2.05) is 0 Å². The van der Waals surface area contributed by atoms with Gasteiger partial charge in [-0.3, -0.25) is 4.79 Å². The third-order valence-electron chi connectivity index (χ3n) is 3.61. The number of carbonyl (C=O) groups excluding carboxylic acids is 1. The maximum absolute atomic E-state index is 13.1. The number of hydrogen-bond acceptors (Lipinski definition) is 5. The van der Waals surface area contributed by atoms with Gasteiger partial charge in [-0.05, 0) is 38.0 Å². The smallest absolute Gasteiger partial charge is 0.252 e. The fourth-order valence-electron chi connectivity index (χ4n) is 2.15. The van der Waals surface area contributed by atoms with E-state index in [2.05, 4.69) is 15.5 Å². The summed E-state index contributed by atoms with van der Waals surface area (Å²) in [6.07, 6.45) is 0.784. The van der Waals surface area contributed by atoms with Crippen LogP contribution in [0.3, 0.4) is 0 Å². The maximum Gasteiger partial charge on any atom is 0.252 e. The van der Waals surface area contributed by atoms with Crippen LogP contribution in [0.1, 0.15) is 31.7 Å².